The molecule has 5 heteroatoms. The van der Waals surface area contributed by atoms with Crippen LogP contribution in [0.2, 0.25) is 5.02 Å². The molecular formula is C20H19ClN2O2. The van der Waals surface area contributed by atoms with Gasteiger partial charge in [0, 0.05) is 34.9 Å². The number of benzene rings is 2. The molecule has 1 N–H and O–H groups in total. The molecule has 0 atom stereocenters. The lowest BCUT2D eigenvalue weighted by molar-refractivity contribution is 0.0956. The van der Waals surface area contributed by atoms with Gasteiger partial charge in [-0.1, -0.05) is 23.7 Å². The minimum Gasteiger partial charge on any atom is -0.349 e. The molecule has 2 aromatic rings. The van der Waals surface area contributed by atoms with Crippen molar-refractivity contribution in [2.24, 2.45) is 0 Å². The quantitative estimate of drug-likeness (QED) is 0.848. The first-order chi connectivity index (χ1) is 12.1. The molecule has 1 aliphatic rings. The summed E-state index contributed by atoms with van der Waals surface area (Å²) in [4.78, 5) is 26.7. The van der Waals surface area contributed by atoms with Gasteiger partial charge in [0.15, 0.2) is 0 Å². The van der Waals surface area contributed by atoms with Gasteiger partial charge >= 0.3 is 0 Å². The molecule has 0 fully saturated rings. The number of nitrogens with one attached hydrogen (secondary N) is 1. The number of hydrogen-bond acceptors (Lipinski definition) is 2. The molecule has 2 amide bonds. The standard InChI is InChI=1S/C20H19ClN2O2/c1-2-10-22-19(24)15-8-9-18-14(12-15)6-4-11-23(18)20(25)16-5-3-7-17(21)13-16/h2-3,5,7-9,12-13H,1,4,6,10-11H2,(H,22,24). The van der Waals surface area contributed by atoms with Crippen LogP contribution in [0.4, 0.5) is 5.69 Å². The normalized spacial score (nSPS) is 13.1. The van der Waals surface area contributed by atoms with E-state index in [-0.39, 0.29) is 11.8 Å². The molecule has 0 aliphatic carbocycles. The summed E-state index contributed by atoms with van der Waals surface area (Å²) in [6.45, 7) is 4.67. The zero-order valence-corrected chi connectivity index (χ0v) is 14.6. The second-order valence-corrected chi connectivity index (χ2v) is 6.35. The third-order valence-corrected chi connectivity index (χ3v) is 4.42. The first kappa shape index (κ1) is 17.2. The number of anilines is 1. The fourth-order valence-electron chi connectivity index (χ4n) is 2.99. The van der Waals surface area contributed by atoms with Gasteiger partial charge in [-0.25, -0.2) is 0 Å². The first-order valence-electron chi connectivity index (χ1n) is 8.19. The molecule has 0 aromatic heterocycles. The smallest absolute Gasteiger partial charge is 0.258 e. The van der Waals surface area contributed by atoms with E-state index in [0.717, 1.165) is 24.1 Å². The Hall–Kier alpha value is -2.59. The summed E-state index contributed by atoms with van der Waals surface area (Å²) in [5.74, 6) is -0.215. The summed E-state index contributed by atoms with van der Waals surface area (Å²) in [7, 11) is 0. The Labute approximate surface area is 152 Å². The van der Waals surface area contributed by atoms with Gasteiger partial charge < -0.3 is 10.2 Å². The lowest BCUT2D eigenvalue weighted by atomic mass is 9.98. The van der Waals surface area contributed by atoms with Crippen molar-refractivity contribution < 1.29 is 9.59 Å². The van der Waals surface area contributed by atoms with Crippen molar-refractivity contribution in [3.8, 4) is 0 Å². The minimum absolute atomic E-state index is 0.0766. The molecule has 0 radical (unpaired) electrons. The Morgan fingerprint density at radius 3 is 2.80 bits per heavy atom. The number of halogens is 1. The highest BCUT2D eigenvalue weighted by atomic mass is 35.5. The summed E-state index contributed by atoms with van der Waals surface area (Å²) in [5, 5.41) is 3.31. The molecule has 1 heterocycles. The zero-order chi connectivity index (χ0) is 17.8. The molecule has 0 bridgehead atoms. The Morgan fingerprint density at radius 1 is 1.20 bits per heavy atom. The molecule has 2 aromatic carbocycles. The number of fused-ring (bicyclic) bond motifs is 1. The van der Waals surface area contributed by atoms with Gasteiger partial charge in [-0.2, -0.15) is 0 Å². The van der Waals surface area contributed by atoms with Crippen LogP contribution in [-0.4, -0.2) is 24.9 Å². The third kappa shape index (κ3) is 3.74. The van der Waals surface area contributed by atoms with Crippen LogP contribution < -0.4 is 10.2 Å². The topological polar surface area (TPSA) is 49.4 Å². The van der Waals surface area contributed by atoms with E-state index in [0.29, 0.717) is 29.2 Å². The minimum atomic E-state index is -0.138. The van der Waals surface area contributed by atoms with Crippen molar-refractivity contribution >= 4 is 29.1 Å². The SMILES string of the molecule is C=CCNC(=O)c1ccc2c(c1)CCCN2C(=O)c1cccc(Cl)c1. The van der Waals surface area contributed by atoms with E-state index in [1.165, 1.54) is 0 Å². The molecule has 0 unspecified atom stereocenters. The van der Waals surface area contributed by atoms with Gasteiger partial charge in [0.05, 0.1) is 0 Å². The molecule has 0 saturated heterocycles. The fourth-order valence-corrected chi connectivity index (χ4v) is 3.18. The summed E-state index contributed by atoms with van der Waals surface area (Å²) < 4.78 is 0. The number of hydrogen-bond donors (Lipinski definition) is 1. The monoisotopic (exact) mass is 354 g/mol. The van der Waals surface area contributed by atoms with Gasteiger partial charge in [-0.05, 0) is 54.8 Å². The highest BCUT2D eigenvalue weighted by molar-refractivity contribution is 6.31. The van der Waals surface area contributed by atoms with E-state index < -0.39 is 0 Å². The average molecular weight is 355 g/mol. The summed E-state index contributed by atoms with van der Waals surface area (Å²) in [6, 6.07) is 12.4. The number of nitrogens with zero attached hydrogens (tertiary/aromatic N) is 1. The van der Waals surface area contributed by atoms with E-state index in [4.69, 9.17) is 11.6 Å². The van der Waals surface area contributed by atoms with Gasteiger partial charge in [0.2, 0.25) is 0 Å². The predicted octanol–water partition coefficient (Wildman–Crippen LogP) is 3.85. The van der Waals surface area contributed by atoms with Gasteiger partial charge in [0.25, 0.3) is 11.8 Å². The van der Waals surface area contributed by atoms with Crippen molar-refractivity contribution in [1.82, 2.24) is 5.32 Å². The molecule has 0 saturated carbocycles. The number of carbonyl (C=O) groups is 2. The maximum atomic E-state index is 12.9. The van der Waals surface area contributed by atoms with Gasteiger partial charge in [-0.15, -0.1) is 6.58 Å². The Bertz CT molecular complexity index is 832. The molecule has 128 valence electrons. The molecular weight excluding hydrogens is 336 g/mol. The lowest BCUT2D eigenvalue weighted by Gasteiger charge is -2.30. The number of amides is 2. The highest BCUT2D eigenvalue weighted by Crippen LogP contribution is 2.29. The van der Waals surface area contributed by atoms with E-state index in [1.54, 1.807) is 41.3 Å². The largest absolute Gasteiger partial charge is 0.349 e. The van der Waals surface area contributed by atoms with Gasteiger partial charge in [-0.3, -0.25) is 9.59 Å². The van der Waals surface area contributed by atoms with Crippen molar-refractivity contribution in [2.75, 3.05) is 18.0 Å². The highest BCUT2D eigenvalue weighted by Gasteiger charge is 2.24. The van der Waals surface area contributed by atoms with Gasteiger partial charge in [0.1, 0.15) is 0 Å². The van der Waals surface area contributed by atoms with Crippen molar-refractivity contribution in [3.63, 3.8) is 0 Å². The fraction of sp³-hybridized carbons (Fsp3) is 0.200. The average Bonchev–Trinajstić information content (AvgIpc) is 2.64. The number of carbonyl (C=O) groups excluding carboxylic acids is 2. The van der Waals surface area contributed by atoms with Crippen LogP contribution in [0.1, 0.15) is 32.7 Å². The molecule has 1 aliphatic heterocycles. The summed E-state index contributed by atoms with van der Waals surface area (Å²) >= 11 is 6.00. The molecule has 4 nitrogen and oxygen atoms in total. The Balaban J connectivity index is 1.88. The van der Waals surface area contributed by atoms with Crippen LogP contribution in [-0.2, 0) is 6.42 Å². The van der Waals surface area contributed by atoms with Crippen LogP contribution in [0.5, 0.6) is 0 Å². The summed E-state index contributed by atoms with van der Waals surface area (Å²) in [5.41, 5.74) is 3.02. The Morgan fingerprint density at radius 2 is 2.04 bits per heavy atom. The molecule has 0 spiro atoms. The lowest BCUT2D eigenvalue weighted by Crippen LogP contribution is -2.35. The van der Waals surface area contributed by atoms with E-state index in [9.17, 15) is 9.59 Å². The van der Waals surface area contributed by atoms with Crippen LogP contribution in [0.3, 0.4) is 0 Å². The second-order valence-electron chi connectivity index (χ2n) is 5.91. The molecule has 3 rings (SSSR count). The van der Waals surface area contributed by atoms with E-state index in [1.807, 2.05) is 12.1 Å². The number of aryl methyl sites for hydroxylation is 1. The van der Waals surface area contributed by atoms with Crippen molar-refractivity contribution in [3.05, 3.63) is 76.8 Å². The maximum absolute atomic E-state index is 12.9. The first-order valence-corrected chi connectivity index (χ1v) is 8.57. The number of rotatable bonds is 4. The maximum Gasteiger partial charge on any atom is 0.258 e. The van der Waals surface area contributed by atoms with Crippen LogP contribution in [0.15, 0.2) is 55.1 Å². The van der Waals surface area contributed by atoms with Crippen molar-refractivity contribution in [2.45, 2.75) is 12.8 Å². The van der Waals surface area contributed by atoms with Crippen LogP contribution in [0.25, 0.3) is 0 Å². The summed E-state index contributed by atoms with van der Waals surface area (Å²) in [6.07, 6.45) is 3.34. The van der Waals surface area contributed by atoms with Crippen molar-refractivity contribution in [1.29, 1.82) is 0 Å². The van der Waals surface area contributed by atoms with Crippen LogP contribution >= 0.6 is 11.6 Å². The second kappa shape index (κ2) is 7.53. The van der Waals surface area contributed by atoms with Crippen LogP contribution in [0, 0.1) is 0 Å². The predicted molar refractivity (Wildman–Crippen MR) is 100 cm³/mol. The van der Waals surface area contributed by atoms with E-state index in [2.05, 4.69) is 11.9 Å². The Kier molecular flexibility index (Phi) is 5.19. The third-order valence-electron chi connectivity index (χ3n) is 4.18. The zero-order valence-electron chi connectivity index (χ0n) is 13.8. The molecule has 25 heavy (non-hydrogen) atoms. The van der Waals surface area contributed by atoms with E-state index >= 15 is 0 Å².